The SMILES string of the molecule is CC(=O)Nc1ccc(C(=O)c2ccc(C)cc2C)cc1. The normalized spacial score (nSPS) is 10.2. The first kappa shape index (κ1) is 14.0. The summed E-state index contributed by atoms with van der Waals surface area (Å²) in [6.07, 6.45) is 0. The van der Waals surface area contributed by atoms with Gasteiger partial charge in [-0.2, -0.15) is 0 Å². The number of carbonyl (C=O) groups is 2. The van der Waals surface area contributed by atoms with Crippen molar-refractivity contribution in [2.45, 2.75) is 20.8 Å². The van der Waals surface area contributed by atoms with Crippen molar-refractivity contribution in [1.29, 1.82) is 0 Å². The number of hydrogen-bond acceptors (Lipinski definition) is 2. The van der Waals surface area contributed by atoms with E-state index in [9.17, 15) is 9.59 Å². The first-order valence-electron chi connectivity index (χ1n) is 6.47. The molecule has 102 valence electrons. The van der Waals surface area contributed by atoms with Gasteiger partial charge in [0.2, 0.25) is 5.91 Å². The molecule has 0 radical (unpaired) electrons. The lowest BCUT2D eigenvalue weighted by molar-refractivity contribution is -0.114. The molecule has 1 amide bonds. The summed E-state index contributed by atoms with van der Waals surface area (Å²) in [5, 5.41) is 2.68. The summed E-state index contributed by atoms with van der Waals surface area (Å²) < 4.78 is 0. The second-order valence-corrected chi connectivity index (χ2v) is 4.91. The van der Waals surface area contributed by atoms with Gasteiger partial charge in [-0.05, 0) is 43.7 Å². The second-order valence-electron chi connectivity index (χ2n) is 4.91. The first-order valence-corrected chi connectivity index (χ1v) is 6.47. The summed E-state index contributed by atoms with van der Waals surface area (Å²) in [4.78, 5) is 23.4. The van der Waals surface area contributed by atoms with Crippen LogP contribution in [0.15, 0.2) is 42.5 Å². The molecule has 0 heterocycles. The van der Waals surface area contributed by atoms with E-state index in [0.29, 0.717) is 16.8 Å². The number of anilines is 1. The largest absolute Gasteiger partial charge is 0.326 e. The van der Waals surface area contributed by atoms with Crippen LogP contribution in [-0.2, 0) is 4.79 Å². The molecule has 0 atom stereocenters. The topological polar surface area (TPSA) is 46.2 Å². The van der Waals surface area contributed by atoms with E-state index in [-0.39, 0.29) is 11.7 Å². The molecule has 20 heavy (non-hydrogen) atoms. The van der Waals surface area contributed by atoms with Gasteiger partial charge in [0.15, 0.2) is 5.78 Å². The minimum Gasteiger partial charge on any atom is -0.326 e. The van der Waals surface area contributed by atoms with Gasteiger partial charge in [-0.25, -0.2) is 0 Å². The molecule has 0 bridgehead atoms. The molecule has 0 fully saturated rings. The minimum absolute atomic E-state index is 0.00289. The highest BCUT2D eigenvalue weighted by atomic mass is 16.1. The Morgan fingerprint density at radius 2 is 1.60 bits per heavy atom. The lowest BCUT2D eigenvalue weighted by Crippen LogP contribution is -2.07. The summed E-state index contributed by atoms with van der Waals surface area (Å²) in [5.41, 5.74) is 4.13. The molecule has 1 N–H and O–H groups in total. The molecule has 0 saturated carbocycles. The van der Waals surface area contributed by atoms with Crippen LogP contribution in [0.3, 0.4) is 0 Å². The maximum Gasteiger partial charge on any atom is 0.221 e. The third kappa shape index (κ3) is 3.12. The number of aryl methyl sites for hydroxylation is 2. The van der Waals surface area contributed by atoms with Gasteiger partial charge in [-0.1, -0.05) is 23.8 Å². The van der Waals surface area contributed by atoms with E-state index < -0.39 is 0 Å². The lowest BCUT2D eigenvalue weighted by Gasteiger charge is -2.07. The maximum atomic E-state index is 12.4. The average molecular weight is 267 g/mol. The van der Waals surface area contributed by atoms with Crippen molar-refractivity contribution in [3.8, 4) is 0 Å². The fourth-order valence-electron chi connectivity index (χ4n) is 2.13. The summed E-state index contributed by atoms with van der Waals surface area (Å²) in [7, 11) is 0. The average Bonchev–Trinajstić information content (AvgIpc) is 2.38. The maximum absolute atomic E-state index is 12.4. The number of rotatable bonds is 3. The fourth-order valence-corrected chi connectivity index (χ4v) is 2.13. The van der Waals surface area contributed by atoms with E-state index in [2.05, 4.69) is 5.32 Å². The van der Waals surface area contributed by atoms with Crippen molar-refractivity contribution in [3.05, 3.63) is 64.7 Å². The van der Waals surface area contributed by atoms with Crippen molar-refractivity contribution in [2.24, 2.45) is 0 Å². The second kappa shape index (κ2) is 5.70. The number of benzene rings is 2. The van der Waals surface area contributed by atoms with Crippen molar-refractivity contribution < 1.29 is 9.59 Å². The molecule has 0 spiro atoms. The molecule has 2 rings (SSSR count). The lowest BCUT2D eigenvalue weighted by atomic mass is 9.97. The third-order valence-corrected chi connectivity index (χ3v) is 3.09. The molecule has 2 aromatic rings. The van der Waals surface area contributed by atoms with Crippen molar-refractivity contribution in [1.82, 2.24) is 0 Å². The van der Waals surface area contributed by atoms with Crippen molar-refractivity contribution in [3.63, 3.8) is 0 Å². The number of amides is 1. The minimum atomic E-state index is -0.126. The Balaban J connectivity index is 2.27. The zero-order chi connectivity index (χ0) is 14.7. The zero-order valence-corrected chi connectivity index (χ0v) is 11.9. The van der Waals surface area contributed by atoms with Gasteiger partial charge in [0.25, 0.3) is 0 Å². The van der Waals surface area contributed by atoms with Crippen LogP contribution in [0.4, 0.5) is 5.69 Å². The van der Waals surface area contributed by atoms with E-state index in [1.807, 2.05) is 32.0 Å². The summed E-state index contributed by atoms with van der Waals surface area (Å²) in [6.45, 7) is 5.39. The molecular formula is C17H17NO2. The highest BCUT2D eigenvalue weighted by molar-refractivity contribution is 6.10. The van der Waals surface area contributed by atoms with Crippen molar-refractivity contribution in [2.75, 3.05) is 5.32 Å². The molecule has 0 saturated heterocycles. The Kier molecular flexibility index (Phi) is 3.99. The molecule has 0 aliphatic rings. The van der Waals surface area contributed by atoms with E-state index in [1.54, 1.807) is 24.3 Å². The molecule has 3 heteroatoms. The van der Waals surface area contributed by atoms with Gasteiger partial charge in [0, 0.05) is 23.7 Å². The predicted octanol–water partition coefficient (Wildman–Crippen LogP) is 3.49. The smallest absolute Gasteiger partial charge is 0.221 e. The molecule has 0 unspecified atom stereocenters. The number of nitrogens with one attached hydrogen (secondary N) is 1. The van der Waals surface area contributed by atoms with E-state index >= 15 is 0 Å². The van der Waals surface area contributed by atoms with Gasteiger partial charge < -0.3 is 5.32 Å². The van der Waals surface area contributed by atoms with Crippen LogP contribution in [0.1, 0.15) is 34.0 Å². The molecule has 0 aliphatic heterocycles. The molecular weight excluding hydrogens is 250 g/mol. The van der Waals surface area contributed by atoms with Gasteiger partial charge in [0.1, 0.15) is 0 Å². The van der Waals surface area contributed by atoms with E-state index in [4.69, 9.17) is 0 Å². The monoisotopic (exact) mass is 267 g/mol. The Morgan fingerprint density at radius 1 is 0.950 bits per heavy atom. The van der Waals surface area contributed by atoms with Crippen LogP contribution < -0.4 is 5.32 Å². The quantitative estimate of drug-likeness (QED) is 0.865. The highest BCUT2D eigenvalue weighted by Crippen LogP contribution is 2.17. The number of carbonyl (C=O) groups excluding carboxylic acids is 2. The predicted molar refractivity (Wildman–Crippen MR) is 80.1 cm³/mol. The highest BCUT2D eigenvalue weighted by Gasteiger charge is 2.11. The standard InChI is InChI=1S/C17H17NO2/c1-11-4-9-16(12(2)10-11)17(20)14-5-7-15(8-6-14)18-13(3)19/h4-10H,1-3H3,(H,18,19). The van der Waals surface area contributed by atoms with Crippen LogP contribution in [0, 0.1) is 13.8 Å². The summed E-state index contributed by atoms with van der Waals surface area (Å²) >= 11 is 0. The van der Waals surface area contributed by atoms with Crippen LogP contribution >= 0.6 is 0 Å². The fraction of sp³-hybridized carbons (Fsp3) is 0.176. The van der Waals surface area contributed by atoms with Gasteiger partial charge >= 0.3 is 0 Å². The van der Waals surface area contributed by atoms with Crippen LogP contribution in [-0.4, -0.2) is 11.7 Å². The first-order chi connectivity index (χ1) is 9.47. The number of hydrogen-bond donors (Lipinski definition) is 1. The summed E-state index contributed by atoms with van der Waals surface area (Å²) in [5.74, 6) is -0.129. The molecule has 0 aromatic heterocycles. The number of ketones is 1. The Morgan fingerprint density at radius 3 is 2.15 bits per heavy atom. The van der Waals surface area contributed by atoms with Crippen molar-refractivity contribution >= 4 is 17.4 Å². The molecule has 2 aromatic carbocycles. The van der Waals surface area contributed by atoms with Crippen LogP contribution in [0.2, 0.25) is 0 Å². The zero-order valence-electron chi connectivity index (χ0n) is 11.9. The van der Waals surface area contributed by atoms with Gasteiger partial charge in [-0.15, -0.1) is 0 Å². The molecule has 3 nitrogen and oxygen atoms in total. The Bertz CT molecular complexity index is 657. The van der Waals surface area contributed by atoms with Gasteiger partial charge in [-0.3, -0.25) is 9.59 Å². The Labute approximate surface area is 118 Å². The van der Waals surface area contributed by atoms with Gasteiger partial charge in [0.05, 0.1) is 0 Å². The summed E-state index contributed by atoms with van der Waals surface area (Å²) in [6, 6.07) is 12.7. The van der Waals surface area contributed by atoms with Crippen LogP contribution in [0.25, 0.3) is 0 Å². The van der Waals surface area contributed by atoms with Crippen LogP contribution in [0.5, 0.6) is 0 Å². The van der Waals surface area contributed by atoms with E-state index in [0.717, 1.165) is 11.1 Å². The Hall–Kier alpha value is -2.42. The third-order valence-electron chi connectivity index (χ3n) is 3.09. The van der Waals surface area contributed by atoms with E-state index in [1.165, 1.54) is 6.92 Å². The molecule has 0 aliphatic carbocycles.